The van der Waals surface area contributed by atoms with Gasteiger partial charge in [-0.2, -0.15) is 0 Å². The summed E-state index contributed by atoms with van der Waals surface area (Å²) in [6.45, 7) is 5.77. The minimum atomic E-state index is -2.43. The van der Waals surface area contributed by atoms with Gasteiger partial charge >= 0.3 is 5.97 Å². The van der Waals surface area contributed by atoms with Gasteiger partial charge in [0.25, 0.3) is 12.1 Å². The fourth-order valence-corrected chi connectivity index (χ4v) is 7.98. The van der Waals surface area contributed by atoms with Crippen molar-refractivity contribution >= 4 is 29.8 Å². The number of carbonyl (C=O) groups excluding carboxylic acids is 3. The van der Waals surface area contributed by atoms with Gasteiger partial charge in [-0.25, -0.2) is 4.79 Å². The molecule has 1 aliphatic carbocycles. The standard InChI is InChI=1S/C45H45ClN2O5/c1-43(2,3)53-42(51)45(52-30-49,40-35-24-12-10-22-33(35)34-23-11-13-25-36(34)40)41(50)39(28-16-17-29-47)48-44(31-18-6-4-7-19-31,32-20-8-5-9-21-32)37-26-14-15-27-38(37)46/h4-15,18-27,30,39-40,48H,16-17,28-29,47H2,1-3H3/t39-,45?/m0/s1. The Kier molecular flexibility index (Phi) is 11.3. The molecule has 0 spiro atoms. The lowest BCUT2D eigenvalue weighted by Gasteiger charge is -2.43. The summed E-state index contributed by atoms with van der Waals surface area (Å²) in [5.74, 6) is -2.60. The first-order valence-corrected chi connectivity index (χ1v) is 18.4. The van der Waals surface area contributed by atoms with Gasteiger partial charge in [0, 0.05) is 5.02 Å². The van der Waals surface area contributed by atoms with Gasteiger partial charge in [-0.3, -0.25) is 14.9 Å². The SMILES string of the molecule is CC(C)(C)OC(=O)C(OC=O)(C(=O)[C@H](CCCCN)NC(c1ccccc1)(c1ccccc1)c1ccccc1Cl)C1c2ccccc2-c2ccccc21. The zero-order valence-corrected chi connectivity index (χ0v) is 31.0. The summed E-state index contributed by atoms with van der Waals surface area (Å²) in [6.07, 6.45) is 1.40. The van der Waals surface area contributed by atoms with E-state index >= 15 is 4.79 Å². The average Bonchev–Trinajstić information content (AvgIpc) is 3.50. The van der Waals surface area contributed by atoms with Gasteiger partial charge in [0.1, 0.15) is 5.60 Å². The molecule has 0 radical (unpaired) electrons. The molecule has 1 aliphatic rings. The van der Waals surface area contributed by atoms with Crippen LogP contribution >= 0.6 is 11.6 Å². The zero-order valence-electron chi connectivity index (χ0n) is 30.3. The molecule has 3 N–H and O–H groups in total. The van der Waals surface area contributed by atoms with Crippen LogP contribution in [0.2, 0.25) is 5.02 Å². The van der Waals surface area contributed by atoms with E-state index < -0.39 is 40.5 Å². The lowest BCUT2D eigenvalue weighted by atomic mass is 9.72. The lowest BCUT2D eigenvalue weighted by molar-refractivity contribution is -0.190. The molecule has 8 heteroatoms. The third-order valence-electron chi connectivity index (χ3n) is 9.89. The van der Waals surface area contributed by atoms with E-state index in [1.165, 1.54) is 0 Å². The van der Waals surface area contributed by atoms with Crippen molar-refractivity contribution in [3.8, 4) is 11.1 Å². The third-order valence-corrected chi connectivity index (χ3v) is 10.2. The number of rotatable bonds is 15. The van der Waals surface area contributed by atoms with Crippen LogP contribution in [0, 0.1) is 0 Å². The van der Waals surface area contributed by atoms with Crippen molar-refractivity contribution in [1.82, 2.24) is 5.32 Å². The maximum atomic E-state index is 16.0. The van der Waals surface area contributed by atoms with Crippen molar-refractivity contribution in [2.24, 2.45) is 5.73 Å². The molecule has 6 rings (SSSR count). The number of unbranched alkanes of at least 4 members (excludes halogenated alkanes) is 1. The second kappa shape index (κ2) is 15.9. The van der Waals surface area contributed by atoms with Gasteiger partial charge < -0.3 is 15.2 Å². The molecule has 0 saturated heterocycles. The van der Waals surface area contributed by atoms with E-state index in [0.29, 0.717) is 41.1 Å². The van der Waals surface area contributed by atoms with Crippen LogP contribution in [0.4, 0.5) is 0 Å². The van der Waals surface area contributed by atoms with Crippen LogP contribution in [0.5, 0.6) is 0 Å². The molecule has 53 heavy (non-hydrogen) atoms. The predicted molar refractivity (Wildman–Crippen MR) is 209 cm³/mol. The summed E-state index contributed by atoms with van der Waals surface area (Å²) in [6, 6.07) is 41.1. The molecule has 0 aromatic heterocycles. The molecular weight excluding hydrogens is 684 g/mol. The number of halogens is 1. The maximum Gasteiger partial charge on any atom is 0.360 e. The lowest BCUT2D eigenvalue weighted by Crippen LogP contribution is -2.63. The number of ether oxygens (including phenoxy) is 2. The minimum absolute atomic E-state index is 0.192. The Labute approximate surface area is 316 Å². The van der Waals surface area contributed by atoms with Crippen LogP contribution in [0.3, 0.4) is 0 Å². The highest BCUT2D eigenvalue weighted by molar-refractivity contribution is 6.31. The number of benzene rings is 5. The quantitative estimate of drug-likeness (QED) is 0.0367. The predicted octanol–water partition coefficient (Wildman–Crippen LogP) is 8.35. The van der Waals surface area contributed by atoms with Crippen LogP contribution in [-0.4, -0.2) is 42.0 Å². The first-order chi connectivity index (χ1) is 25.6. The molecule has 7 nitrogen and oxygen atoms in total. The van der Waals surface area contributed by atoms with E-state index in [9.17, 15) is 9.59 Å². The normalized spacial score (nSPS) is 14.4. The maximum absolute atomic E-state index is 16.0. The monoisotopic (exact) mass is 728 g/mol. The van der Waals surface area contributed by atoms with Crippen LogP contribution < -0.4 is 11.1 Å². The van der Waals surface area contributed by atoms with E-state index in [2.05, 4.69) is 5.32 Å². The van der Waals surface area contributed by atoms with Crippen molar-refractivity contribution in [2.75, 3.05) is 6.54 Å². The largest absolute Gasteiger partial charge is 0.457 e. The topological polar surface area (TPSA) is 108 Å². The van der Waals surface area contributed by atoms with Gasteiger partial charge in [-0.1, -0.05) is 145 Å². The van der Waals surface area contributed by atoms with Gasteiger partial charge in [-0.05, 0) is 85.2 Å². The highest BCUT2D eigenvalue weighted by Gasteiger charge is 2.62. The molecule has 0 aliphatic heterocycles. The zero-order chi connectivity index (χ0) is 37.6. The Bertz CT molecular complexity index is 1980. The van der Waals surface area contributed by atoms with Crippen molar-refractivity contribution in [3.05, 3.63) is 166 Å². The number of Topliss-reactive ketones (excluding diaryl/α,β-unsaturated/α-hetero) is 1. The van der Waals surface area contributed by atoms with E-state index in [1.54, 1.807) is 20.8 Å². The molecule has 2 atom stereocenters. The first kappa shape index (κ1) is 37.7. The molecule has 272 valence electrons. The Hall–Kier alpha value is -5.08. The molecule has 5 aromatic carbocycles. The molecule has 0 saturated carbocycles. The number of esters is 1. The first-order valence-electron chi connectivity index (χ1n) is 18.0. The Balaban J connectivity index is 1.65. The van der Waals surface area contributed by atoms with E-state index in [0.717, 1.165) is 22.3 Å². The van der Waals surface area contributed by atoms with E-state index in [4.69, 9.17) is 26.8 Å². The highest BCUT2D eigenvalue weighted by Crippen LogP contribution is 2.52. The van der Waals surface area contributed by atoms with Crippen LogP contribution in [0.25, 0.3) is 11.1 Å². The number of nitrogens with one attached hydrogen (secondary N) is 1. The minimum Gasteiger partial charge on any atom is -0.457 e. The second-order valence-corrected chi connectivity index (χ2v) is 14.8. The summed E-state index contributed by atoms with van der Waals surface area (Å²) in [5, 5.41) is 4.26. The van der Waals surface area contributed by atoms with Crippen LogP contribution in [0.15, 0.2) is 133 Å². The van der Waals surface area contributed by atoms with Gasteiger partial charge in [0.05, 0.1) is 17.5 Å². The summed E-state index contributed by atoms with van der Waals surface area (Å²) in [7, 11) is 0. The molecule has 0 bridgehead atoms. The molecule has 0 fully saturated rings. The Morgan fingerprint density at radius 3 is 1.77 bits per heavy atom. The summed E-state index contributed by atoms with van der Waals surface area (Å²) in [5.41, 5.74) is 6.70. The van der Waals surface area contributed by atoms with Crippen molar-refractivity contribution in [1.29, 1.82) is 0 Å². The molecule has 1 unspecified atom stereocenters. The fourth-order valence-electron chi connectivity index (χ4n) is 7.70. The average molecular weight is 729 g/mol. The van der Waals surface area contributed by atoms with E-state index in [-0.39, 0.29) is 12.9 Å². The number of hydrogen-bond acceptors (Lipinski definition) is 7. The third kappa shape index (κ3) is 7.17. The molecule has 0 heterocycles. The smallest absolute Gasteiger partial charge is 0.360 e. The fraction of sp³-hybridized carbons (Fsp3) is 0.267. The number of ketones is 1. The Morgan fingerprint density at radius 2 is 1.26 bits per heavy atom. The summed E-state index contributed by atoms with van der Waals surface area (Å²) in [4.78, 5) is 43.8. The number of hydrogen-bond donors (Lipinski definition) is 2. The number of carbonyl (C=O) groups is 3. The van der Waals surface area contributed by atoms with Crippen molar-refractivity contribution < 1.29 is 23.9 Å². The molecular formula is C45H45ClN2O5. The van der Waals surface area contributed by atoms with E-state index in [1.807, 2.05) is 133 Å². The van der Waals surface area contributed by atoms with Crippen LogP contribution in [-0.2, 0) is 29.4 Å². The number of fused-ring (bicyclic) bond motifs is 3. The van der Waals surface area contributed by atoms with Gasteiger partial charge in [0.2, 0.25) is 5.78 Å². The second-order valence-electron chi connectivity index (χ2n) is 14.4. The summed E-state index contributed by atoms with van der Waals surface area (Å²) < 4.78 is 12.1. The van der Waals surface area contributed by atoms with Crippen LogP contribution in [0.1, 0.15) is 73.8 Å². The highest BCUT2D eigenvalue weighted by atomic mass is 35.5. The molecule has 0 amide bonds. The van der Waals surface area contributed by atoms with Crippen molar-refractivity contribution in [2.45, 2.75) is 68.7 Å². The Morgan fingerprint density at radius 1 is 0.755 bits per heavy atom. The van der Waals surface area contributed by atoms with Crippen molar-refractivity contribution in [3.63, 3.8) is 0 Å². The van der Waals surface area contributed by atoms with Gasteiger partial charge in [0.15, 0.2) is 0 Å². The summed E-state index contributed by atoms with van der Waals surface area (Å²) >= 11 is 7.09. The molecule has 5 aromatic rings. The number of nitrogens with two attached hydrogens (primary N) is 1. The van der Waals surface area contributed by atoms with Gasteiger partial charge in [-0.15, -0.1) is 0 Å².